The molecule has 2 aliphatic rings. The quantitative estimate of drug-likeness (QED) is 0.736. The second-order valence-electron chi connectivity index (χ2n) is 9.42. The molecular weight excluding hydrogens is 414 g/mol. The van der Waals surface area contributed by atoms with E-state index < -0.39 is 0 Å². The lowest BCUT2D eigenvalue weighted by molar-refractivity contribution is -0.128. The van der Waals surface area contributed by atoms with E-state index in [0.717, 1.165) is 48.1 Å². The van der Waals surface area contributed by atoms with Crippen LogP contribution in [0.3, 0.4) is 0 Å². The maximum Gasteiger partial charge on any atom is 0.253 e. The Labute approximate surface area is 196 Å². The van der Waals surface area contributed by atoms with E-state index in [1.54, 1.807) is 0 Å². The van der Waals surface area contributed by atoms with Gasteiger partial charge in [-0.25, -0.2) is 0 Å². The first kappa shape index (κ1) is 23.0. The van der Waals surface area contributed by atoms with Crippen LogP contribution >= 0.6 is 0 Å². The van der Waals surface area contributed by atoms with Gasteiger partial charge in [0.2, 0.25) is 11.8 Å². The van der Waals surface area contributed by atoms with Crippen molar-refractivity contribution in [1.29, 1.82) is 0 Å². The molecule has 2 aliphatic heterocycles. The number of rotatable bonds is 6. The van der Waals surface area contributed by atoms with Crippen molar-refractivity contribution in [2.75, 3.05) is 19.6 Å². The molecule has 2 fully saturated rings. The molecule has 2 aromatic carbocycles. The van der Waals surface area contributed by atoms with E-state index in [9.17, 15) is 14.4 Å². The minimum atomic E-state index is -0.195. The zero-order chi connectivity index (χ0) is 23.4. The first-order valence-electron chi connectivity index (χ1n) is 11.9. The lowest BCUT2D eigenvalue weighted by Gasteiger charge is -2.32. The van der Waals surface area contributed by atoms with Crippen molar-refractivity contribution in [3.8, 4) is 0 Å². The first-order chi connectivity index (χ1) is 15.9. The molecule has 0 saturated carbocycles. The summed E-state index contributed by atoms with van der Waals surface area (Å²) in [5.74, 6) is 0.0152. The molecule has 2 aromatic rings. The molecule has 174 valence electrons. The minimum absolute atomic E-state index is 0.00320. The summed E-state index contributed by atoms with van der Waals surface area (Å²) < 4.78 is 0. The van der Waals surface area contributed by atoms with Crippen molar-refractivity contribution in [2.24, 2.45) is 5.92 Å². The molecule has 0 bridgehead atoms. The number of benzene rings is 2. The van der Waals surface area contributed by atoms with Crippen LogP contribution in [-0.4, -0.2) is 47.2 Å². The predicted octanol–water partition coefficient (Wildman–Crippen LogP) is 3.59. The Morgan fingerprint density at radius 2 is 1.76 bits per heavy atom. The topological polar surface area (TPSA) is 69.7 Å². The Kier molecular flexibility index (Phi) is 7.11. The maximum absolute atomic E-state index is 13.0. The average molecular weight is 448 g/mol. The Bertz CT molecular complexity index is 1030. The number of likely N-dealkylation sites (tertiary alicyclic amines) is 2. The number of carbonyl (C=O) groups is 3. The molecule has 1 atom stereocenters. The standard InChI is InChI=1S/C27H33N3O3/c1-19-12-20(2)14-24(13-19)27(33)30-11-4-8-23(18-30)26(32)28-16-21-6-3-7-22(15-21)17-29-10-5-9-25(29)31/h3,6-7,12-15,23H,4-5,8-11,16-18H2,1-2H3,(H,28,32). The Balaban J connectivity index is 1.32. The Morgan fingerprint density at radius 3 is 2.48 bits per heavy atom. The molecule has 4 rings (SSSR count). The minimum Gasteiger partial charge on any atom is -0.352 e. The number of aryl methyl sites for hydroxylation is 2. The summed E-state index contributed by atoms with van der Waals surface area (Å²) in [6.45, 7) is 7.02. The van der Waals surface area contributed by atoms with Crippen LogP contribution in [0, 0.1) is 19.8 Å². The van der Waals surface area contributed by atoms with Gasteiger partial charge in [0.25, 0.3) is 5.91 Å². The number of hydrogen-bond donors (Lipinski definition) is 1. The van der Waals surface area contributed by atoms with Crippen molar-refractivity contribution < 1.29 is 14.4 Å². The van der Waals surface area contributed by atoms with Crippen LogP contribution in [0.15, 0.2) is 42.5 Å². The third-order valence-electron chi connectivity index (χ3n) is 6.55. The summed E-state index contributed by atoms with van der Waals surface area (Å²) in [5.41, 5.74) is 4.94. The van der Waals surface area contributed by atoms with Gasteiger partial charge in [-0.3, -0.25) is 14.4 Å². The second kappa shape index (κ2) is 10.2. The molecule has 0 spiro atoms. The van der Waals surface area contributed by atoms with Gasteiger partial charge in [-0.15, -0.1) is 0 Å². The first-order valence-corrected chi connectivity index (χ1v) is 11.9. The molecule has 1 unspecified atom stereocenters. The van der Waals surface area contributed by atoms with Gasteiger partial charge in [0.05, 0.1) is 5.92 Å². The van der Waals surface area contributed by atoms with Crippen LogP contribution in [0.5, 0.6) is 0 Å². The van der Waals surface area contributed by atoms with E-state index in [2.05, 4.69) is 17.4 Å². The van der Waals surface area contributed by atoms with Crippen LogP contribution < -0.4 is 5.32 Å². The van der Waals surface area contributed by atoms with Crippen molar-refractivity contribution in [1.82, 2.24) is 15.1 Å². The summed E-state index contributed by atoms with van der Waals surface area (Å²) in [6, 6.07) is 13.9. The molecule has 3 amide bonds. The molecule has 0 aromatic heterocycles. The second-order valence-corrected chi connectivity index (χ2v) is 9.42. The number of piperidine rings is 1. The summed E-state index contributed by atoms with van der Waals surface area (Å²) in [6.07, 6.45) is 3.19. The van der Waals surface area contributed by atoms with Gasteiger partial charge in [-0.2, -0.15) is 0 Å². The highest BCUT2D eigenvalue weighted by molar-refractivity contribution is 5.95. The zero-order valence-corrected chi connectivity index (χ0v) is 19.6. The largest absolute Gasteiger partial charge is 0.352 e. The molecule has 0 radical (unpaired) electrons. The predicted molar refractivity (Wildman–Crippen MR) is 127 cm³/mol. The van der Waals surface area contributed by atoms with Crippen LogP contribution in [0.1, 0.15) is 58.3 Å². The smallest absolute Gasteiger partial charge is 0.253 e. The van der Waals surface area contributed by atoms with Gasteiger partial charge in [0.15, 0.2) is 0 Å². The van der Waals surface area contributed by atoms with Gasteiger partial charge >= 0.3 is 0 Å². The highest BCUT2D eigenvalue weighted by Gasteiger charge is 2.29. The summed E-state index contributed by atoms with van der Waals surface area (Å²) in [4.78, 5) is 41.5. The van der Waals surface area contributed by atoms with E-state index >= 15 is 0 Å². The lowest BCUT2D eigenvalue weighted by Crippen LogP contribution is -2.45. The maximum atomic E-state index is 13.0. The van der Waals surface area contributed by atoms with Gasteiger partial charge in [-0.1, -0.05) is 41.5 Å². The van der Waals surface area contributed by atoms with E-state index in [1.165, 1.54) is 0 Å². The summed E-state index contributed by atoms with van der Waals surface area (Å²) >= 11 is 0. The number of nitrogens with zero attached hydrogens (tertiary/aromatic N) is 2. The SMILES string of the molecule is Cc1cc(C)cc(C(=O)N2CCCC(C(=O)NCc3cccc(CN4CCCC4=O)c3)C2)c1. The Hall–Kier alpha value is -3.15. The molecule has 6 nitrogen and oxygen atoms in total. The van der Waals surface area contributed by atoms with Crippen molar-refractivity contribution in [3.05, 3.63) is 70.3 Å². The van der Waals surface area contributed by atoms with Gasteiger partial charge in [0.1, 0.15) is 0 Å². The normalized spacial score (nSPS) is 18.5. The average Bonchev–Trinajstić information content (AvgIpc) is 3.21. The van der Waals surface area contributed by atoms with E-state index in [4.69, 9.17) is 0 Å². The number of carbonyl (C=O) groups excluding carboxylic acids is 3. The number of amides is 3. The molecule has 33 heavy (non-hydrogen) atoms. The van der Waals surface area contributed by atoms with Crippen LogP contribution in [0.25, 0.3) is 0 Å². The molecule has 0 aliphatic carbocycles. The third kappa shape index (κ3) is 5.81. The zero-order valence-electron chi connectivity index (χ0n) is 19.6. The molecule has 2 heterocycles. The van der Waals surface area contributed by atoms with E-state index in [-0.39, 0.29) is 23.6 Å². The molecule has 6 heteroatoms. The Morgan fingerprint density at radius 1 is 1.00 bits per heavy atom. The molecule has 2 saturated heterocycles. The van der Waals surface area contributed by atoms with E-state index in [1.807, 2.05) is 54.0 Å². The summed E-state index contributed by atoms with van der Waals surface area (Å²) in [7, 11) is 0. The van der Waals surface area contributed by atoms with Crippen molar-refractivity contribution in [3.63, 3.8) is 0 Å². The third-order valence-corrected chi connectivity index (χ3v) is 6.55. The summed E-state index contributed by atoms with van der Waals surface area (Å²) in [5, 5.41) is 3.06. The fourth-order valence-electron chi connectivity index (χ4n) is 4.92. The molecular formula is C27H33N3O3. The van der Waals surface area contributed by atoms with Crippen molar-refractivity contribution in [2.45, 2.75) is 52.6 Å². The van der Waals surface area contributed by atoms with Gasteiger partial charge in [-0.05, 0) is 56.4 Å². The fraction of sp³-hybridized carbons (Fsp3) is 0.444. The highest BCUT2D eigenvalue weighted by Crippen LogP contribution is 2.21. The van der Waals surface area contributed by atoms with E-state index in [0.29, 0.717) is 38.2 Å². The van der Waals surface area contributed by atoms with Gasteiger partial charge < -0.3 is 15.1 Å². The highest BCUT2D eigenvalue weighted by atomic mass is 16.2. The lowest BCUT2D eigenvalue weighted by atomic mass is 9.96. The monoisotopic (exact) mass is 447 g/mol. The fourth-order valence-corrected chi connectivity index (χ4v) is 4.92. The van der Waals surface area contributed by atoms with Crippen LogP contribution in [-0.2, 0) is 22.7 Å². The number of hydrogen-bond acceptors (Lipinski definition) is 3. The molecule has 1 N–H and O–H groups in total. The number of nitrogens with one attached hydrogen (secondary N) is 1. The van der Waals surface area contributed by atoms with Gasteiger partial charge in [0, 0.05) is 44.7 Å². The van der Waals surface area contributed by atoms with Crippen LogP contribution in [0.2, 0.25) is 0 Å². The van der Waals surface area contributed by atoms with Crippen LogP contribution in [0.4, 0.5) is 0 Å². The van der Waals surface area contributed by atoms with Crippen molar-refractivity contribution >= 4 is 17.7 Å².